The lowest BCUT2D eigenvalue weighted by molar-refractivity contribution is 0.0939. The normalized spacial score (nSPS) is 13.7. The Balaban J connectivity index is 1.38. The summed E-state index contributed by atoms with van der Waals surface area (Å²) in [5, 5.41) is 6.09. The summed E-state index contributed by atoms with van der Waals surface area (Å²) in [5.41, 5.74) is 4.46. The van der Waals surface area contributed by atoms with Gasteiger partial charge in [-0.3, -0.25) is 9.59 Å². The second kappa shape index (κ2) is 13.1. The van der Waals surface area contributed by atoms with Crippen LogP contribution in [0.5, 0.6) is 11.5 Å². The summed E-state index contributed by atoms with van der Waals surface area (Å²) in [4.78, 5) is 31.3. The van der Waals surface area contributed by atoms with Crippen molar-refractivity contribution in [2.75, 3.05) is 55.5 Å². The van der Waals surface area contributed by atoms with E-state index in [4.69, 9.17) is 9.47 Å². The second-order valence-electron chi connectivity index (χ2n) is 10.2. The van der Waals surface area contributed by atoms with Gasteiger partial charge in [0.25, 0.3) is 11.8 Å². The maximum absolute atomic E-state index is 13.7. The number of hydrogen-bond donors (Lipinski definition) is 2. The summed E-state index contributed by atoms with van der Waals surface area (Å²) in [6.45, 7) is 4.97. The summed E-state index contributed by atoms with van der Waals surface area (Å²) in [7, 11) is 3.27. The van der Waals surface area contributed by atoms with E-state index in [-0.39, 0.29) is 17.9 Å². The first-order chi connectivity index (χ1) is 20.5. The number of hydrogen-bond acceptors (Lipinski definition) is 6. The lowest BCUT2D eigenvalue weighted by Gasteiger charge is -2.38. The average Bonchev–Trinajstić information content (AvgIpc) is 3.05. The van der Waals surface area contributed by atoms with Crippen molar-refractivity contribution < 1.29 is 19.1 Å². The quantitative estimate of drug-likeness (QED) is 0.269. The van der Waals surface area contributed by atoms with Crippen LogP contribution in [0.2, 0.25) is 0 Å². The first-order valence-corrected chi connectivity index (χ1v) is 14.0. The Hall–Kier alpha value is -4.98. The molecule has 1 saturated heterocycles. The molecule has 0 radical (unpaired) electrons. The van der Waals surface area contributed by atoms with Gasteiger partial charge in [0.2, 0.25) is 0 Å². The van der Waals surface area contributed by atoms with Gasteiger partial charge >= 0.3 is 0 Å². The molecule has 0 bridgehead atoms. The number of piperazine rings is 1. The molecule has 0 spiro atoms. The van der Waals surface area contributed by atoms with Crippen molar-refractivity contribution in [3.8, 4) is 11.5 Å². The van der Waals surface area contributed by atoms with Gasteiger partial charge in [0.05, 0.1) is 31.5 Å². The molecule has 0 aliphatic carbocycles. The van der Waals surface area contributed by atoms with Crippen molar-refractivity contribution in [1.82, 2.24) is 5.32 Å². The van der Waals surface area contributed by atoms with Gasteiger partial charge in [0, 0.05) is 43.1 Å². The highest BCUT2D eigenvalue weighted by atomic mass is 16.5. The van der Waals surface area contributed by atoms with E-state index in [1.54, 1.807) is 44.6 Å². The number of nitrogens with one attached hydrogen (secondary N) is 2. The van der Waals surface area contributed by atoms with Crippen molar-refractivity contribution in [3.05, 3.63) is 114 Å². The van der Waals surface area contributed by atoms with Gasteiger partial charge < -0.3 is 29.9 Å². The molecule has 5 rings (SSSR count). The van der Waals surface area contributed by atoms with E-state index in [2.05, 4.69) is 26.5 Å². The maximum Gasteiger partial charge on any atom is 0.255 e. The zero-order valence-corrected chi connectivity index (χ0v) is 24.2. The molecule has 0 aromatic heterocycles. The Bertz CT molecular complexity index is 1520. The monoisotopic (exact) mass is 564 g/mol. The zero-order chi connectivity index (χ0) is 29.5. The third-order valence-electron chi connectivity index (χ3n) is 7.54. The predicted octanol–water partition coefficient (Wildman–Crippen LogP) is 5.77. The Kier molecular flexibility index (Phi) is 8.92. The predicted molar refractivity (Wildman–Crippen MR) is 167 cm³/mol. The van der Waals surface area contributed by atoms with Crippen molar-refractivity contribution in [2.24, 2.45) is 0 Å². The summed E-state index contributed by atoms with van der Waals surface area (Å²) < 4.78 is 10.8. The number of anilines is 3. The number of nitrogens with zero attached hydrogens (tertiary/aromatic N) is 2. The third-order valence-corrected chi connectivity index (χ3v) is 7.54. The molecule has 4 aromatic carbocycles. The molecule has 8 nitrogen and oxygen atoms in total. The number of methoxy groups -OCH3 is 2. The van der Waals surface area contributed by atoms with Crippen LogP contribution in [0.1, 0.15) is 39.2 Å². The number of benzene rings is 4. The molecule has 1 fully saturated rings. The number of carbonyl (C=O) groups is 2. The minimum absolute atomic E-state index is 0.188. The smallest absolute Gasteiger partial charge is 0.255 e. The van der Waals surface area contributed by atoms with Crippen LogP contribution in [0.15, 0.2) is 97.1 Å². The molecule has 2 N–H and O–H groups in total. The van der Waals surface area contributed by atoms with Crippen molar-refractivity contribution in [2.45, 2.75) is 13.0 Å². The number of ether oxygens (including phenoxy) is 2. The van der Waals surface area contributed by atoms with Crippen LogP contribution < -0.4 is 29.9 Å². The van der Waals surface area contributed by atoms with Crippen molar-refractivity contribution in [3.63, 3.8) is 0 Å². The summed E-state index contributed by atoms with van der Waals surface area (Å²) in [6, 6.07) is 30.1. The van der Waals surface area contributed by atoms with Gasteiger partial charge in [0.1, 0.15) is 11.5 Å². The Morgan fingerprint density at radius 2 is 1.36 bits per heavy atom. The van der Waals surface area contributed by atoms with E-state index in [9.17, 15) is 9.59 Å². The van der Waals surface area contributed by atoms with Gasteiger partial charge in [-0.1, -0.05) is 42.5 Å². The largest absolute Gasteiger partial charge is 0.497 e. The molecule has 2 amide bonds. The van der Waals surface area contributed by atoms with Crippen LogP contribution in [0.25, 0.3) is 0 Å². The number of amides is 2. The highest BCUT2D eigenvalue weighted by Crippen LogP contribution is 2.31. The van der Waals surface area contributed by atoms with E-state index in [0.717, 1.165) is 48.9 Å². The van der Waals surface area contributed by atoms with Gasteiger partial charge in [-0.25, -0.2) is 0 Å². The lowest BCUT2D eigenvalue weighted by Crippen LogP contribution is -2.47. The van der Waals surface area contributed by atoms with Crippen LogP contribution in [0.3, 0.4) is 0 Å². The minimum Gasteiger partial charge on any atom is -0.497 e. The van der Waals surface area contributed by atoms with Crippen molar-refractivity contribution in [1.29, 1.82) is 0 Å². The molecule has 216 valence electrons. The summed E-state index contributed by atoms with van der Waals surface area (Å²) >= 11 is 0. The van der Waals surface area contributed by atoms with Crippen LogP contribution >= 0.6 is 0 Å². The second-order valence-corrected chi connectivity index (χ2v) is 10.2. The molecule has 1 atom stereocenters. The lowest BCUT2D eigenvalue weighted by atomic mass is 10.1. The molecular weight excluding hydrogens is 528 g/mol. The number of para-hydroxylation sites is 2. The molecule has 1 unspecified atom stereocenters. The van der Waals surface area contributed by atoms with E-state index < -0.39 is 0 Å². The fourth-order valence-corrected chi connectivity index (χ4v) is 5.20. The molecule has 1 aliphatic heterocycles. The third kappa shape index (κ3) is 6.49. The van der Waals surface area contributed by atoms with Crippen LogP contribution in [0, 0.1) is 0 Å². The van der Waals surface area contributed by atoms with Crippen molar-refractivity contribution >= 4 is 28.9 Å². The Morgan fingerprint density at radius 3 is 2.02 bits per heavy atom. The van der Waals surface area contributed by atoms with E-state index in [1.165, 1.54) is 0 Å². The summed E-state index contributed by atoms with van der Waals surface area (Å²) in [6.07, 6.45) is 0. The van der Waals surface area contributed by atoms with E-state index in [0.29, 0.717) is 22.6 Å². The first kappa shape index (κ1) is 28.5. The van der Waals surface area contributed by atoms with E-state index >= 15 is 0 Å². The molecule has 42 heavy (non-hydrogen) atoms. The van der Waals surface area contributed by atoms with Crippen LogP contribution in [-0.4, -0.2) is 52.2 Å². The SMILES string of the molecule is COc1ccc(C(=O)Nc2ccc(N3CCN(c4ccccc4OC)CC3)c(C(=O)NC(C)c3ccccc3)c2)cc1. The molecular formula is C34H36N4O4. The minimum atomic E-state index is -0.264. The zero-order valence-electron chi connectivity index (χ0n) is 24.2. The maximum atomic E-state index is 13.7. The standard InChI is InChI=1S/C34H36N4O4/c1-24(25-9-5-4-6-10-25)35-34(40)29-23-27(36-33(39)26-13-16-28(41-2)17-14-26)15-18-30(29)37-19-21-38(22-20-37)31-11-7-8-12-32(31)42-3/h4-18,23-24H,19-22H2,1-3H3,(H,35,40)(H,36,39). The number of rotatable bonds is 9. The molecule has 0 saturated carbocycles. The van der Waals surface area contributed by atoms with Gasteiger partial charge in [-0.2, -0.15) is 0 Å². The average molecular weight is 565 g/mol. The Labute approximate surface area is 246 Å². The van der Waals surface area contributed by atoms with Crippen LogP contribution in [0.4, 0.5) is 17.1 Å². The molecule has 1 heterocycles. The van der Waals surface area contributed by atoms with Crippen LogP contribution in [-0.2, 0) is 0 Å². The summed E-state index contributed by atoms with van der Waals surface area (Å²) in [5.74, 6) is 1.06. The topological polar surface area (TPSA) is 83.1 Å². The molecule has 8 heteroatoms. The van der Waals surface area contributed by atoms with Gasteiger partial charge in [0.15, 0.2) is 0 Å². The van der Waals surface area contributed by atoms with Gasteiger partial charge in [-0.15, -0.1) is 0 Å². The highest BCUT2D eigenvalue weighted by Gasteiger charge is 2.24. The Morgan fingerprint density at radius 1 is 0.714 bits per heavy atom. The fourth-order valence-electron chi connectivity index (χ4n) is 5.20. The fraction of sp³-hybridized carbons (Fsp3) is 0.235. The number of carbonyl (C=O) groups excluding carboxylic acids is 2. The molecule has 1 aliphatic rings. The first-order valence-electron chi connectivity index (χ1n) is 14.0. The molecule has 4 aromatic rings. The highest BCUT2D eigenvalue weighted by molar-refractivity contribution is 6.06. The van der Waals surface area contributed by atoms with Gasteiger partial charge in [-0.05, 0) is 67.1 Å². The van der Waals surface area contributed by atoms with E-state index in [1.807, 2.05) is 67.6 Å².